The van der Waals surface area contributed by atoms with Gasteiger partial charge in [-0.05, 0) is 12.8 Å². The lowest BCUT2D eigenvalue weighted by Crippen LogP contribution is -2.26. The van der Waals surface area contributed by atoms with Gasteiger partial charge in [-0.3, -0.25) is 9.79 Å². The molecule has 1 aromatic carbocycles. The molecule has 0 spiro atoms. The Balaban J connectivity index is 2.47. The van der Waals surface area contributed by atoms with Gasteiger partial charge in [0.2, 0.25) is 0 Å². The molecule has 0 atom stereocenters. The Morgan fingerprint density at radius 1 is 1.24 bits per heavy atom. The number of Topliss-reactive ketones (excluding diaryl/α,β-unsaturated/α-hetero) is 1. The molecule has 0 radical (unpaired) electrons. The Bertz CT molecular complexity index is 625. The van der Waals surface area contributed by atoms with Crippen molar-refractivity contribution >= 4 is 11.5 Å². The largest absolute Gasteiger partial charge is 0.401 e. The first-order valence-corrected chi connectivity index (χ1v) is 6.97. The second-order valence-electron chi connectivity index (χ2n) is 5.29. The van der Waals surface area contributed by atoms with Crippen molar-refractivity contribution in [3.05, 3.63) is 58.9 Å². The molecule has 0 fully saturated rings. The second-order valence-corrected chi connectivity index (χ2v) is 5.29. The number of nitrogens with two attached hydrogens (primary N) is 1. The van der Waals surface area contributed by atoms with E-state index >= 15 is 0 Å². The molecule has 0 heterocycles. The molecule has 2 N–H and O–H groups in total. The van der Waals surface area contributed by atoms with E-state index < -0.39 is 0 Å². The normalized spacial score (nSPS) is 18.3. The standard InChI is InChI=1S/C17H21N3O/c1-19-16(12-7-5-4-6-8-12)15-14(18)10-9-13(17(15)21)11-20(2)3/h4-8,11H,9-10,18H2,1-3H3/b13-11+,19-16?. The third-order valence-electron chi connectivity index (χ3n) is 3.43. The zero-order valence-corrected chi connectivity index (χ0v) is 12.8. The monoisotopic (exact) mass is 283 g/mol. The van der Waals surface area contributed by atoms with Crippen LogP contribution in [0.3, 0.4) is 0 Å². The molecule has 0 saturated heterocycles. The van der Waals surface area contributed by atoms with Crippen molar-refractivity contribution in [2.75, 3.05) is 21.1 Å². The number of carbonyl (C=O) groups excluding carboxylic acids is 1. The number of benzene rings is 1. The summed E-state index contributed by atoms with van der Waals surface area (Å²) >= 11 is 0. The van der Waals surface area contributed by atoms with Gasteiger partial charge in [0.05, 0.1) is 11.3 Å². The number of aliphatic imine (C=N–C) groups is 1. The second kappa shape index (κ2) is 6.39. The Morgan fingerprint density at radius 3 is 2.48 bits per heavy atom. The molecule has 110 valence electrons. The summed E-state index contributed by atoms with van der Waals surface area (Å²) in [6.45, 7) is 0. The smallest absolute Gasteiger partial charge is 0.194 e. The molecule has 1 aromatic rings. The predicted molar refractivity (Wildman–Crippen MR) is 86.1 cm³/mol. The number of ketones is 1. The average Bonchev–Trinajstić information content (AvgIpc) is 2.47. The maximum Gasteiger partial charge on any atom is 0.194 e. The molecule has 0 bridgehead atoms. The molecular formula is C17H21N3O. The van der Waals surface area contributed by atoms with Crippen LogP contribution in [-0.4, -0.2) is 37.5 Å². The summed E-state index contributed by atoms with van der Waals surface area (Å²) in [5, 5.41) is 0. The van der Waals surface area contributed by atoms with E-state index in [0.29, 0.717) is 29.8 Å². The van der Waals surface area contributed by atoms with Crippen molar-refractivity contribution in [2.24, 2.45) is 10.7 Å². The van der Waals surface area contributed by atoms with Crippen LogP contribution in [-0.2, 0) is 4.79 Å². The van der Waals surface area contributed by atoms with Gasteiger partial charge in [0, 0.05) is 44.2 Å². The molecule has 0 amide bonds. The average molecular weight is 283 g/mol. The number of carbonyl (C=O) groups is 1. The molecule has 21 heavy (non-hydrogen) atoms. The van der Waals surface area contributed by atoms with E-state index in [1.165, 1.54) is 0 Å². The summed E-state index contributed by atoms with van der Waals surface area (Å²) in [4.78, 5) is 18.9. The van der Waals surface area contributed by atoms with E-state index in [2.05, 4.69) is 4.99 Å². The highest BCUT2D eigenvalue weighted by Gasteiger charge is 2.27. The van der Waals surface area contributed by atoms with Crippen LogP contribution in [0.25, 0.3) is 0 Å². The van der Waals surface area contributed by atoms with Crippen LogP contribution in [0.1, 0.15) is 18.4 Å². The van der Waals surface area contributed by atoms with Crippen LogP contribution in [0.4, 0.5) is 0 Å². The third-order valence-corrected chi connectivity index (χ3v) is 3.43. The Kier molecular flexibility index (Phi) is 4.58. The highest BCUT2D eigenvalue weighted by molar-refractivity contribution is 6.33. The van der Waals surface area contributed by atoms with Crippen molar-refractivity contribution in [2.45, 2.75) is 12.8 Å². The Morgan fingerprint density at radius 2 is 1.90 bits per heavy atom. The lowest BCUT2D eigenvalue weighted by molar-refractivity contribution is -0.112. The molecular weight excluding hydrogens is 262 g/mol. The molecule has 1 aliphatic carbocycles. The number of rotatable bonds is 3. The summed E-state index contributed by atoms with van der Waals surface area (Å²) in [5.41, 5.74) is 9.65. The fourth-order valence-corrected chi connectivity index (χ4v) is 2.49. The highest BCUT2D eigenvalue weighted by atomic mass is 16.1. The van der Waals surface area contributed by atoms with E-state index in [4.69, 9.17) is 5.73 Å². The van der Waals surface area contributed by atoms with Gasteiger partial charge in [0.15, 0.2) is 5.78 Å². The van der Waals surface area contributed by atoms with Crippen LogP contribution >= 0.6 is 0 Å². The fraction of sp³-hybridized carbons (Fsp3) is 0.294. The first-order valence-electron chi connectivity index (χ1n) is 6.97. The number of allylic oxidation sites excluding steroid dienone is 3. The minimum atomic E-state index is -0.0168. The van der Waals surface area contributed by atoms with E-state index in [1.807, 2.05) is 55.5 Å². The molecule has 0 aromatic heterocycles. The van der Waals surface area contributed by atoms with Crippen LogP contribution in [0.2, 0.25) is 0 Å². The van der Waals surface area contributed by atoms with Gasteiger partial charge in [0.1, 0.15) is 0 Å². The summed E-state index contributed by atoms with van der Waals surface area (Å²) in [6.07, 6.45) is 3.23. The van der Waals surface area contributed by atoms with E-state index in [9.17, 15) is 4.79 Å². The van der Waals surface area contributed by atoms with Gasteiger partial charge in [0.25, 0.3) is 0 Å². The first-order chi connectivity index (χ1) is 10.0. The third kappa shape index (κ3) is 3.21. The van der Waals surface area contributed by atoms with E-state index in [0.717, 1.165) is 11.1 Å². The first kappa shape index (κ1) is 15.0. The SMILES string of the molecule is CN=C(C1=C(N)CC/C(=C\N(C)C)C1=O)c1ccccc1. The quantitative estimate of drug-likeness (QED) is 0.683. The van der Waals surface area contributed by atoms with Gasteiger partial charge in [-0.1, -0.05) is 30.3 Å². The van der Waals surface area contributed by atoms with Gasteiger partial charge in [-0.25, -0.2) is 0 Å². The van der Waals surface area contributed by atoms with Gasteiger partial charge >= 0.3 is 0 Å². The molecule has 1 aliphatic rings. The highest BCUT2D eigenvalue weighted by Crippen LogP contribution is 2.26. The zero-order chi connectivity index (χ0) is 15.4. The summed E-state index contributed by atoms with van der Waals surface area (Å²) < 4.78 is 0. The van der Waals surface area contributed by atoms with Crippen molar-refractivity contribution in [1.29, 1.82) is 0 Å². The van der Waals surface area contributed by atoms with Crippen LogP contribution in [0.5, 0.6) is 0 Å². The zero-order valence-electron chi connectivity index (χ0n) is 12.8. The van der Waals surface area contributed by atoms with Crippen molar-refractivity contribution in [3.63, 3.8) is 0 Å². The predicted octanol–water partition coefficient (Wildman–Crippen LogP) is 2.13. The minimum Gasteiger partial charge on any atom is -0.401 e. The molecule has 2 rings (SSSR count). The maximum atomic E-state index is 12.7. The van der Waals surface area contributed by atoms with Crippen LogP contribution in [0.15, 0.2) is 58.4 Å². The van der Waals surface area contributed by atoms with Crippen LogP contribution < -0.4 is 5.73 Å². The summed E-state index contributed by atoms with van der Waals surface area (Å²) in [7, 11) is 5.52. The maximum absolute atomic E-state index is 12.7. The topological polar surface area (TPSA) is 58.7 Å². The molecule has 0 aliphatic heterocycles. The van der Waals surface area contributed by atoms with Gasteiger partial charge in [-0.2, -0.15) is 0 Å². The number of hydrogen-bond donors (Lipinski definition) is 1. The Labute approximate surface area is 125 Å². The minimum absolute atomic E-state index is 0.0168. The van der Waals surface area contributed by atoms with Crippen molar-refractivity contribution in [3.8, 4) is 0 Å². The van der Waals surface area contributed by atoms with Gasteiger partial charge < -0.3 is 10.6 Å². The van der Waals surface area contributed by atoms with Crippen molar-refractivity contribution in [1.82, 2.24) is 4.90 Å². The van der Waals surface area contributed by atoms with Crippen molar-refractivity contribution < 1.29 is 4.79 Å². The Hall–Kier alpha value is -2.36. The molecule has 0 saturated carbocycles. The summed E-state index contributed by atoms with van der Waals surface area (Å²) in [5.74, 6) is -0.0168. The number of nitrogens with zero attached hydrogens (tertiary/aromatic N) is 2. The van der Waals surface area contributed by atoms with E-state index in [-0.39, 0.29) is 5.78 Å². The molecule has 0 unspecified atom stereocenters. The fourth-order valence-electron chi connectivity index (χ4n) is 2.49. The summed E-state index contributed by atoms with van der Waals surface area (Å²) in [6, 6.07) is 9.69. The van der Waals surface area contributed by atoms with Gasteiger partial charge in [-0.15, -0.1) is 0 Å². The van der Waals surface area contributed by atoms with E-state index in [1.54, 1.807) is 7.05 Å². The number of hydrogen-bond acceptors (Lipinski definition) is 4. The molecule has 4 heteroatoms. The van der Waals surface area contributed by atoms with Crippen LogP contribution in [0, 0.1) is 0 Å². The lowest BCUT2D eigenvalue weighted by atomic mass is 9.86. The lowest BCUT2D eigenvalue weighted by Gasteiger charge is -2.21. The molecule has 4 nitrogen and oxygen atoms in total.